The van der Waals surface area contributed by atoms with E-state index >= 15 is 0 Å². The fraction of sp³-hybridized carbons (Fsp3) is 0.429. The molecule has 2 heterocycles. The van der Waals surface area contributed by atoms with Crippen LogP contribution in [0.2, 0.25) is 5.02 Å². The first-order valence-corrected chi connectivity index (χ1v) is 6.89. The maximum atomic E-state index is 9.63. The SMILES string of the molecule is Cl.OC[C@H](O)C[C@H]1NCCc2c1[nH]c1ccc(Cl)cc21. The number of aliphatic hydroxyl groups is 2. The number of rotatable bonds is 3. The van der Waals surface area contributed by atoms with Crippen LogP contribution < -0.4 is 5.32 Å². The van der Waals surface area contributed by atoms with Crippen LogP contribution in [0, 0.1) is 0 Å². The van der Waals surface area contributed by atoms with Gasteiger partial charge in [-0.1, -0.05) is 11.6 Å². The first-order chi connectivity index (χ1) is 9.19. The number of aromatic nitrogens is 1. The molecule has 4 N–H and O–H groups in total. The number of benzene rings is 1. The maximum absolute atomic E-state index is 9.63. The summed E-state index contributed by atoms with van der Waals surface area (Å²) >= 11 is 6.06. The summed E-state index contributed by atoms with van der Waals surface area (Å²) in [5.41, 5.74) is 3.45. The Morgan fingerprint density at radius 3 is 2.95 bits per heavy atom. The minimum absolute atomic E-state index is 0. The number of nitrogens with one attached hydrogen (secondary N) is 2. The van der Waals surface area contributed by atoms with Crippen LogP contribution >= 0.6 is 24.0 Å². The second kappa shape index (κ2) is 6.33. The molecule has 2 atom stereocenters. The minimum Gasteiger partial charge on any atom is -0.394 e. The van der Waals surface area contributed by atoms with Crippen LogP contribution in [0.5, 0.6) is 0 Å². The Labute approximate surface area is 128 Å². The average molecular weight is 317 g/mol. The van der Waals surface area contributed by atoms with E-state index in [0.29, 0.717) is 6.42 Å². The van der Waals surface area contributed by atoms with E-state index in [-0.39, 0.29) is 25.1 Å². The fourth-order valence-electron chi connectivity index (χ4n) is 2.83. The van der Waals surface area contributed by atoms with Gasteiger partial charge in [-0.25, -0.2) is 0 Å². The van der Waals surface area contributed by atoms with Gasteiger partial charge in [0.1, 0.15) is 0 Å². The van der Waals surface area contributed by atoms with Crippen molar-refractivity contribution in [3.8, 4) is 0 Å². The van der Waals surface area contributed by atoms with Gasteiger partial charge in [0.25, 0.3) is 0 Å². The van der Waals surface area contributed by atoms with E-state index in [4.69, 9.17) is 16.7 Å². The van der Waals surface area contributed by atoms with Crippen molar-refractivity contribution in [2.75, 3.05) is 13.2 Å². The first-order valence-electron chi connectivity index (χ1n) is 6.51. The Balaban J connectivity index is 0.00000147. The molecule has 0 radical (unpaired) electrons. The molecule has 0 saturated carbocycles. The van der Waals surface area contributed by atoms with Crippen molar-refractivity contribution < 1.29 is 10.2 Å². The normalized spacial score (nSPS) is 19.4. The monoisotopic (exact) mass is 316 g/mol. The summed E-state index contributed by atoms with van der Waals surface area (Å²) < 4.78 is 0. The molecule has 3 rings (SSSR count). The van der Waals surface area contributed by atoms with Gasteiger partial charge in [0.05, 0.1) is 18.8 Å². The van der Waals surface area contributed by atoms with Crippen LogP contribution in [0.4, 0.5) is 0 Å². The molecule has 0 fully saturated rings. The van der Waals surface area contributed by atoms with Crippen LogP contribution in [0.25, 0.3) is 10.9 Å². The molecule has 0 spiro atoms. The number of aliphatic hydroxyl groups excluding tert-OH is 2. The summed E-state index contributed by atoms with van der Waals surface area (Å²) in [7, 11) is 0. The van der Waals surface area contributed by atoms with Gasteiger partial charge >= 0.3 is 0 Å². The molecule has 0 bridgehead atoms. The molecule has 0 saturated heterocycles. The third-order valence-electron chi connectivity index (χ3n) is 3.73. The predicted molar refractivity (Wildman–Crippen MR) is 82.7 cm³/mol. The zero-order valence-corrected chi connectivity index (χ0v) is 12.5. The molecular formula is C14H18Cl2N2O2. The Bertz CT molecular complexity index is 600. The lowest BCUT2D eigenvalue weighted by Crippen LogP contribution is -2.33. The maximum Gasteiger partial charge on any atom is 0.0789 e. The van der Waals surface area contributed by atoms with E-state index in [9.17, 15) is 5.11 Å². The standard InChI is InChI=1S/C14H17ClN2O2.ClH/c15-8-1-2-12-11(5-8)10-3-4-16-13(14(10)17-12)6-9(19)7-18;/h1-2,5,9,13,16-19H,3-4,6-7H2;1H/t9-,13-;/m1./s1. The molecule has 1 aromatic heterocycles. The van der Waals surface area contributed by atoms with Crippen molar-refractivity contribution in [3.05, 3.63) is 34.5 Å². The largest absolute Gasteiger partial charge is 0.394 e. The van der Waals surface area contributed by atoms with Crippen LogP contribution in [0.1, 0.15) is 23.7 Å². The van der Waals surface area contributed by atoms with Gasteiger partial charge in [-0.15, -0.1) is 12.4 Å². The number of hydrogen-bond donors (Lipinski definition) is 4. The lowest BCUT2D eigenvalue weighted by molar-refractivity contribution is 0.0780. The van der Waals surface area contributed by atoms with E-state index in [2.05, 4.69) is 10.3 Å². The Hall–Kier alpha value is -0.780. The van der Waals surface area contributed by atoms with Crippen molar-refractivity contribution in [1.82, 2.24) is 10.3 Å². The van der Waals surface area contributed by atoms with Gasteiger partial charge < -0.3 is 20.5 Å². The van der Waals surface area contributed by atoms with Crippen LogP contribution in [-0.4, -0.2) is 34.5 Å². The summed E-state index contributed by atoms with van der Waals surface area (Å²) in [4.78, 5) is 3.41. The van der Waals surface area contributed by atoms with Gasteiger partial charge in [0.2, 0.25) is 0 Å². The molecule has 0 aliphatic carbocycles. The minimum atomic E-state index is -0.696. The highest BCUT2D eigenvalue weighted by molar-refractivity contribution is 6.31. The smallest absolute Gasteiger partial charge is 0.0789 e. The summed E-state index contributed by atoms with van der Waals surface area (Å²) in [6.45, 7) is 0.662. The fourth-order valence-corrected chi connectivity index (χ4v) is 3.00. The highest BCUT2D eigenvalue weighted by Gasteiger charge is 2.25. The van der Waals surface area contributed by atoms with Crippen molar-refractivity contribution in [2.24, 2.45) is 0 Å². The lowest BCUT2D eigenvalue weighted by atomic mass is 9.96. The molecular weight excluding hydrogens is 299 g/mol. The predicted octanol–water partition coefficient (Wildman–Crippen LogP) is 2.17. The Morgan fingerprint density at radius 2 is 2.20 bits per heavy atom. The van der Waals surface area contributed by atoms with Gasteiger partial charge in [-0.05, 0) is 43.1 Å². The van der Waals surface area contributed by atoms with Gasteiger partial charge in [-0.2, -0.15) is 0 Å². The zero-order valence-electron chi connectivity index (χ0n) is 10.9. The van der Waals surface area contributed by atoms with E-state index < -0.39 is 6.10 Å². The molecule has 20 heavy (non-hydrogen) atoms. The molecule has 0 amide bonds. The molecule has 6 heteroatoms. The quantitative estimate of drug-likeness (QED) is 0.701. The highest BCUT2D eigenvalue weighted by atomic mass is 35.5. The van der Waals surface area contributed by atoms with E-state index in [1.54, 1.807) is 0 Å². The highest BCUT2D eigenvalue weighted by Crippen LogP contribution is 2.33. The summed E-state index contributed by atoms with van der Waals surface area (Å²) in [5, 5.41) is 23.9. The van der Waals surface area contributed by atoms with Crippen molar-refractivity contribution in [3.63, 3.8) is 0 Å². The molecule has 4 nitrogen and oxygen atoms in total. The van der Waals surface area contributed by atoms with Gasteiger partial charge in [0.15, 0.2) is 0 Å². The Kier molecular flexibility index (Phi) is 4.94. The van der Waals surface area contributed by atoms with Crippen molar-refractivity contribution in [2.45, 2.75) is 25.0 Å². The zero-order chi connectivity index (χ0) is 13.4. The summed E-state index contributed by atoms with van der Waals surface area (Å²) in [5.74, 6) is 0. The summed E-state index contributed by atoms with van der Waals surface area (Å²) in [6.07, 6.45) is 0.754. The lowest BCUT2D eigenvalue weighted by Gasteiger charge is -2.25. The van der Waals surface area contributed by atoms with Crippen LogP contribution in [-0.2, 0) is 6.42 Å². The average Bonchev–Trinajstić information content (AvgIpc) is 2.78. The Morgan fingerprint density at radius 1 is 1.40 bits per heavy atom. The van der Waals surface area contributed by atoms with Crippen molar-refractivity contribution in [1.29, 1.82) is 0 Å². The van der Waals surface area contributed by atoms with Gasteiger partial charge in [0, 0.05) is 21.6 Å². The molecule has 1 aliphatic rings. The second-order valence-electron chi connectivity index (χ2n) is 5.04. The molecule has 2 aromatic rings. The van der Waals surface area contributed by atoms with Crippen LogP contribution in [0.3, 0.4) is 0 Å². The third-order valence-corrected chi connectivity index (χ3v) is 3.97. The number of halogens is 2. The van der Waals surface area contributed by atoms with Crippen molar-refractivity contribution >= 4 is 34.9 Å². The van der Waals surface area contributed by atoms with Crippen LogP contribution in [0.15, 0.2) is 18.2 Å². The third kappa shape index (κ3) is 2.80. The number of aromatic amines is 1. The first kappa shape index (κ1) is 15.6. The number of fused-ring (bicyclic) bond motifs is 3. The van der Waals surface area contributed by atoms with E-state index in [1.807, 2.05) is 18.2 Å². The molecule has 0 unspecified atom stereocenters. The second-order valence-corrected chi connectivity index (χ2v) is 5.47. The molecule has 110 valence electrons. The van der Waals surface area contributed by atoms with E-state index in [1.165, 1.54) is 5.56 Å². The number of H-pyrrole nitrogens is 1. The number of hydrogen-bond acceptors (Lipinski definition) is 3. The summed E-state index contributed by atoms with van der Waals surface area (Å²) in [6, 6.07) is 5.89. The van der Waals surface area contributed by atoms with E-state index in [0.717, 1.165) is 34.6 Å². The molecule has 1 aromatic carbocycles. The molecule has 1 aliphatic heterocycles. The topological polar surface area (TPSA) is 68.3 Å². The van der Waals surface area contributed by atoms with Gasteiger partial charge in [-0.3, -0.25) is 0 Å².